The van der Waals surface area contributed by atoms with Crippen LogP contribution in [0.25, 0.3) is 0 Å². The molecular formula is C17H20N2O4. The highest BCUT2D eigenvalue weighted by Crippen LogP contribution is 2.20. The molecule has 6 nitrogen and oxygen atoms in total. The quantitative estimate of drug-likeness (QED) is 0.877. The van der Waals surface area contributed by atoms with Gasteiger partial charge in [0, 0.05) is 5.69 Å². The van der Waals surface area contributed by atoms with Crippen LogP contribution in [0.1, 0.15) is 39.9 Å². The van der Waals surface area contributed by atoms with Crippen LogP contribution in [0.3, 0.4) is 0 Å². The molecule has 0 saturated carbocycles. The minimum absolute atomic E-state index is 0.261. The van der Waals surface area contributed by atoms with Gasteiger partial charge in [0.25, 0.3) is 5.91 Å². The molecule has 0 unspecified atom stereocenters. The molecule has 1 heterocycles. The zero-order valence-corrected chi connectivity index (χ0v) is 13.9. The Labute approximate surface area is 134 Å². The van der Waals surface area contributed by atoms with Gasteiger partial charge in [0.05, 0.1) is 5.69 Å². The number of benzene rings is 1. The molecule has 1 aromatic heterocycles. The number of ether oxygens (including phenoxy) is 1. The average molecular weight is 316 g/mol. The van der Waals surface area contributed by atoms with Gasteiger partial charge in [0.15, 0.2) is 6.10 Å². The van der Waals surface area contributed by atoms with E-state index >= 15 is 0 Å². The summed E-state index contributed by atoms with van der Waals surface area (Å²) in [5, 5.41) is 6.51. The lowest BCUT2D eigenvalue weighted by Crippen LogP contribution is -2.30. The lowest BCUT2D eigenvalue weighted by atomic mass is 10.1. The van der Waals surface area contributed by atoms with Crippen molar-refractivity contribution in [2.75, 3.05) is 5.32 Å². The molecule has 0 aliphatic heterocycles. The molecule has 0 fully saturated rings. The highest BCUT2D eigenvalue weighted by atomic mass is 16.5. The first kappa shape index (κ1) is 16.7. The van der Waals surface area contributed by atoms with E-state index in [0.29, 0.717) is 11.5 Å². The summed E-state index contributed by atoms with van der Waals surface area (Å²) in [6.45, 7) is 8.61. The summed E-state index contributed by atoms with van der Waals surface area (Å²) in [5.74, 6) is -0.636. The fourth-order valence-corrected chi connectivity index (χ4v) is 2.28. The minimum Gasteiger partial charge on any atom is -0.449 e. The number of anilines is 1. The molecule has 0 bridgehead atoms. The van der Waals surface area contributed by atoms with Crippen molar-refractivity contribution in [3.8, 4) is 0 Å². The Morgan fingerprint density at radius 3 is 2.30 bits per heavy atom. The van der Waals surface area contributed by atoms with Crippen LogP contribution in [-0.2, 0) is 9.53 Å². The van der Waals surface area contributed by atoms with Crippen LogP contribution in [0.15, 0.2) is 22.7 Å². The van der Waals surface area contributed by atoms with E-state index in [9.17, 15) is 9.59 Å². The van der Waals surface area contributed by atoms with Gasteiger partial charge in [-0.25, -0.2) is 4.79 Å². The SMILES string of the molecule is Cc1cccc(C)c1NC(=O)[C@H](C)OC(=O)c1c(C)noc1C. The minimum atomic E-state index is -0.935. The third kappa shape index (κ3) is 3.59. The number of hydrogen-bond donors (Lipinski definition) is 1. The number of nitrogens with zero attached hydrogens (tertiary/aromatic N) is 1. The Kier molecular flexibility index (Phi) is 4.83. The smallest absolute Gasteiger partial charge is 0.344 e. The van der Waals surface area contributed by atoms with Crippen LogP contribution in [0.4, 0.5) is 5.69 Å². The largest absolute Gasteiger partial charge is 0.449 e. The molecule has 0 spiro atoms. The van der Waals surface area contributed by atoms with Gasteiger partial charge in [0.2, 0.25) is 0 Å². The predicted octanol–water partition coefficient (Wildman–Crippen LogP) is 3.09. The van der Waals surface area contributed by atoms with E-state index in [1.165, 1.54) is 6.92 Å². The van der Waals surface area contributed by atoms with E-state index in [1.807, 2.05) is 32.0 Å². The number of carbonyl (C=O) groups is 2. The number of amides is 1. The third-order valence-electron chi connectivity index (χ3n) is 3.62. The summed E-state index contributed by atoms with van der Waals surface area (Å²) in [5.41, 5.74) is 3.33. The van der Waals surface area contributed by atoms with Crippen LogP contribution >= 0.6 is 0 Å². The number of aromatic nitrogens is 1. The summed E-state index contributed by atoms with van der Waals surface area (Å²) >= 11 is 0. The zero-order valence-electron chi connectivity index (χ0n) is 13.9. The van der Waals surface area contributed by atoms with Crippen molar-refractivity contribution >= 4 is 17.6 Å². The first-order chi connectivity index (χ1) is 10.8. The Balaban J connectivity index is 2.07. The number of hydrogen-bond acceptors (Lipinski definition) is 5. The van der Waals surface area contributed by atoms with E-state index < -0.39 is 12.1 Å². The Bertz CT molecular complexity index is 709. The fourth-order valence-electron chi connectivity index (χ4n) is 2.28. The summed E-state index contributed by atoms with van der Waals surface area (Å²) in [7, 11) is 0. The van der Waals surface area contributed by atoms with Crippen molar-refractivity contribution in [1.82, 2.24) is 5.16 Å². The van der Waals surface area contributed by atoms with E-state index in [0.717, 1.165) is 16.8 Å². The summed E-state index contributed by atoms with van der Waals surface area (Å²) in [6.07, 6.45) is -0.935. The lowest BCUT2D eigenvalue weighted by molar-refractivity contribution is -0.123. The highest BCUT2D eigenvalue weighted by Gasteiger charge is 2.24. The maximum atomic E-state index is 12.3. The zero-order chi connectivity index (χ0) is 17.1. The second kappa shape index (κ2) is 6.64. The summed E-state index contributed by atoms with van der Waals surface area (Å²) in [4.78, 5) is 24.4. The van der Waals surface area contributed by atoms with Gasteiger partial charge in [0.1, 0.15) is 11.3 Å². The molecule has 0 radical (unpaired) electrons. The van der Waals surface area contributed by atoms with Crippen LogP contribution in [-0.4, -0.2) is 23.1 Å². The number of para-hydroxylation sites is 1. The van der Waals surface area contributed by atoms with Gasteiger partial charge < -0.3 is 14.6 Å². The normalized spacial score (nSPS) is 11.9. The molecule has 6 heteroatoms. The molecule has 0 aliphatic rings. The number of rotatable bonds is 4. The topological polar surface area (TPSA) is 81.4 Å². The number of aryl methyl sites for hydroxylation is 4. The number of nitrogens with one attached hydrogen (secondary N) is 1. The number of esters is 1. The number of carbonyl (C=O) groups excluding carboxylic acids is 2. The second-order valence-corrected chi connectivity index (χ2v) is 5.50. The Morgan fingerprint density at radius 1 is 1.17 bits per heavy atom. The molecule has 2 aromatic rings. The summed E-state index contributed by atoms with van der Waals surface area (Å²) in [6, 6.07) is 5.73. The standard InChI is InChI=1S/C17H20N2O4/c1-9-7-6-8-10(2)15(9)18-16(20)13(5)22-17(21)14-11(3)19-23-12(14)4/h6-8,13H,1-5H3,(H,18,20)/t13-/m0/s1. The van der Waals surface area contributed by atoms with E-state index in [-0.39, 0.29) is 11.5 Å². The third-order valence-corrected chi connectivity index (χ3v) is 3.62. The van der Waals surface area contributed by atoms with E-state index in [4.69, 9.17) is 9.26 Å². The van der Waals surface area contributed by atoms with Gasteiger partial charge in [-0.15, -0.1) is 0 Å². The van der Waals surface area contributed by atoms with Crippen molar-refractivity contribution in [3.05, 3.63) is 46.3 Å². The van der Waals surface area contributed by atoms with Crippen molar-refractivity contribution in [2.45, 2.75) is 40.7 Å². The maximum absolute atomic E-state index is 12.3. The Hall–Kier alpha value is -2.63. The molecule has 1 atom stereocenters. The van der Waals surface area contributed by atoms with Gasteiger partial charge >= 0.3 is 5.97 Å². The molecule has 1 N–H and O–H groups in total. The van der Waals surface area contributed by atoms with Crippen LogP contribution < -0.4 is 5.32 Å². The molecule has 0 aliphatic carbocycles. The van der Waals surface area contributed by atoms with E-state index in [1.54, 1.807) is 13.8 Å². The van der Waals surface area contributed by atoms with Crippen molar-refractivity contribution in [2.24, 2.45) is 0 Å². The van der Waals surface area contributed by atoms with Gasteiger partial charge in [-0.3, -0.25) is 4.79 Å². The fraction of sp³-hybridized carbons (Fsp3) is 0.353. The molecule has 0 saturated heterocycles. The van der Waals surface area contributed by atoms with Crippen LogP contribution in [0.2, 0.25) is 0 Å². The van der Waals surface area contributed by atoms with Gasteiger partial charge in [-0.05, 0) is 45.7 Å². The van der Waals surface area contributed by atoms with Gasteiger partial charge in [-0.2, -0.15) is 0 Å². The monoisotopic (exact) mass is 316 g/mol. The van der Waals surface area contributed by atoms with Crippen LogP contribution in [0, 0.1) is 27.7 Å². The summed E-state index contributed by atoms with van der Waals surface area (Å²) < 4.78 is 10.2. The molecule has 1 amide bonds. The predicted molar refractivity (Wildman–Crippen MR) is 85.4 cm³/mol. The molecule has 1 aromatic carbocycles. The first-order valence-electron chi connectivity index (χ1n) is 7.32. The first-order valence-corrected chi connectivity index (χ1v) is 7.32. The molecule has 2 rings (SSSR count). The lowest BCUT2D eigenvalue weighted by Gasteiger charge is -2.16. The maximum Gasteiger partial charge on any atom is 0.344 e. The van der Waals surface area contributed by atoms with Gasteiger partial charge in [-0.1, -0.05) is 23.4 Å². The second-order valence-electron chi connectivity index (χ2n) is 5.50. The molecule has 23 heavy (non-hydrogen) atoms. The van der Waals surface area contributed by atoms with Crippen molar-refractivity contribution in [3.63, 3.8) is 0 Å². The average Bonchev–Trinajstić information content (AvgIpc) is 2.82. The Morgan fingerprint density at radius 2 is 1.78 bits per heavy atom. The van der Waals surface area contributed by atoms with Crippen molar-refractivity contribution in [1.29, 1.82) is 0 Å². The van der Waals surface area contributed by atoms with Crippen molar-refractivity contribution < 1.29 is 18.8 Å². The highest BCUT2D eigenvalue weighted by molar-refractivity contribution is 5.98. The molecular weight excluding hydrogens is 296 g/mol. The van der Waals surface area contributed by atoms with Crippen LogP contribution in [0.5, 0.6) is 0 Å². The van der Waals surface area contributed by atoms with E-state index in [2.05, 4.69) is 10.5 Å². The molecule has 122 valence electrons.